The molecule has 0 atom stereocenters. The van der Waals surface area contributed by atoms with Gasteiger partial charge >= 0.3 is 12.0 Å². The summed E-state index contributed by atoms with van der Waals surface area (Å²) in [4.78, 5) is 3.92. The van der Waals surface area contributed by atoms with Crippen molar-refractivity contribution in [3.05, 3.63) is 57.2 Å². The second-order valence-electron chi connectivity index (χ2n) is 3.97. The van der Waals surface area contributed by atoms with Crippen LogP contribution in [-0.2, 0) is 6.61 Å². The maximum atomic E-state index is 8.72. The first kappa shape index (κ1) is 27.6. The summed E-state index contributed by atoms with van der Waals surface area (Å²) in [6.45, 7) is 5.61. The molecule has 0 radical (unpaired) electrons. The maximum absolute atomic E-state index is 8.72. The van der Waals surface area contributed by atoms with Crippen LogP contribution in [0.1, 0.15) is 30.0 Å². The summed E-state index contributed by atoms with van der Waals surface area (Å²) in [5.41, 5.74) is 2.51. The fourth-order valence-corrected chi connectivity index (χ4v) is 1.64. The van der Waals surface area contributed by atoms with E-state index in [2.05, 4.69) is 10.9 Å². The van der Waals surface area contributed by atoms with Crippen LogP contribution < -0.4 is 5.90 Å². The Bertz CT molecular complexity index is 550. The summed E-state index contributed by atoms with van der Waals surface area (Å²) in [6.07, 6.45) is 3.17. The van der Waals surface area contributed by atoms with E-state index >= 15 is 0 Å². The van der Waals surface area contributed by atoms with Gasteiger partial charge in [-0.3, -0.25) is 4.98 Å². The molecule has 5 N–H and O–H groups in total. The highest BCUT2D eigenvalue weighted by Gasteiger charge is 2.07. The number of aliphatic hydroxyl groups is 2. The van der Waals surface area contributed by atoms with E-state index in [-0.39, 0.29) is 14.0 Å². The number of hydrogen-bond acceptors (Lipinski definition) is 5. The lowest BCUT2D eigenvalue weighted by atomic mass is 10.2. The highest BCUT2D eigenvalue weighted by atomic mass is 35.5. The van der Waals surface area contributed by atoms with Crippen LogP contribution in [0, 0.1) is 20.8 Å². The van der Waals surface area contributed by atoms with Crippen LogP contribution >= 0.6 is 23.2 Å². The number of rotatable bonds is 1. The summed E-state index contributed by atoms with van der Waals surface area (Å²) in [5.74, 6) is 4.38. The zero-order valence-corrected chi connectivity index (χ0v) is 15.1. The summed E-state index contributed by atoms with van der Waals surface area (Å²) in [6, 6.07) is 3.44. The molecule has 0 saturated carbocycles. The predicted molar refractivity (Wildman–Crippen MR) is 98.4 cm³/mol. The smallest absolute Gasteiger partial charge is 0.330 e. The maximum Gasteiger partial charge on any atom is 0.330 e. The van der Waals surface area contributed by atoms with E-state index in [0.29, 0.717) is 10.7 Å². The quantitative estimate of drug-likeness (QED) is 0.439. The van der Waals surface area contributed by atoms with Crippen molar-refractivity contribution >= 4 is 23.2 Å². The standard InChI is InChI=1S/C7H8ClNO.C7H8ClO.CH4O.CH4.H3NO/c1-5-6(8)2-3-9-7(5)4-10;1-5-6(2)9-4-3-7(5)8;1-2;;1-2/h2-3,10H,4H2,1H3;3-4H,1-2H3;2H,1H3;1H4;2H,1H2/q;+1;;;. The molecule has 0 spiro atoms. The van der Waals surface area contributed by atoms with E-state index in [1.807, 2.05) is 20.8 Å². The van der Waals surface area contributed by atoms with Crippen LogP contribution in [0.15, 0.2) is 29.0 Å². The van der Waals surface area contributed by atoms with Crippen molar-refractivity contribution in [2.24, 2.45) is 5.90 Å². The molecular formula is C16H27Cl2N2O4+. The zero-order valence-electron chi connectivity index (χ0n) is 13.5. The number of hydrogen-bond donors (Lipinski definition) is 4. The van der Waals surface area contributed by atoms with Crippen molar-refractivity contribution < 1.29 is 19.8 Å². The Morgan fingerprint density at radius 1 is 1.04 bits per heavy atom. The van der Waals surface area contributed by atoms with Crippen LogP contribution in [0.3, 0.4) is 0 Å². The molecule has 0 aliphatic heterocycles. The van der Waals surface area contributed by atoms with Crippen LogP contribution in [0.5, 0.6) is 0 Å². The molecule has 2 heterocycles. The molecule has 2 aromatic heterocycles. The molecule has 8 heteroatoms. The van der Waals surface area contributed by atoms with Gasteiger partial charge in [-0.05, 0) is 25.5 Å². The molecule has 0 aliphatic carbocycles. The van der Waals surface area contributed by atoms with Crippen LogP contribution in [0.2, 0.25) is 10.0 Å². The second kappa shape index (κ2) is 16.6. The fourth-order valence-electron chi connectivity index (χ4n) is 1.29. The summed E-state index contributed by atoms with van der Waals surface area (Å²) in [7, 11) is 1.00. The molecule has 2 aromatic rings. The Hall–Kier alpha value is -1.28. The van der Waals surface area contributed by atoms with Gasteiger partial charge in [0.05, 0.1) is 35.9 Å². The van der Waals surface area contributed by atoms with Gasteiger partial charge in [-0.2, -0.15) is 0 Å². The van der Waals surface area contributed by atoms with Gasteiger partial charge in [0, 0.05) is 18.3 Å². The number of nitrogens with zero attached hydrogens (tertiary/aromatic N) is 1. The molecule has 0 bridgehead atoms. The van der Waals surface area contributed by atoms with Crippen molar-refractivity contribution in [3.8, 4) is 0 Å². The first-order valence-corrected chi connectivity index (χ1v) is 7.17. The number of aliphatic hydroxyl groups excluding tert-OH is 2. The van der Waals surface area contributed by atoms with Crippen LogP contribution in [0.4, 0.5) is 0 Å². The topological polar surface area (TPSA) is 111 Å². The third kappa shape index (κ3) is 9.77. The first-order valence-electron chi connectivity index (χ1n) is 6.42. The van der Waals surface area contributed by atoms with Gasteiger partial charge in [0.2, 0.25) is 0 Å². The Morgan fingerprint density at radius 3 is 1.92 bits per heavy atom. The van der Waals surface area contributed by atoms with Gasteiger partial charge in [0.15, 0.2) is 0 Å². The lowest BCUT2D eigenvalue weighted by Gasteiger charge is -2.00. The van der Waals surface area contributed by atoms with Crippen molar-refractivity contribution in [1.29, 1.82) is 0 Å². The molecule has 2 rings (SSSR count). The van der Waals surface area contributed by atoms with Gasteiger partial charge in [0.25, 0.3) is 0 Å². The lowest BCUT2D eigenvalue weighted by Crippen LogP contribution is -1.92. The average molecular weight is 382 g/mol. The summed E-state index contributed by atoms with van der Waals surface area (Å²) in [5, 5.41) is 23.6. The first-order chi connectivity index (χ1) is 11.0. The van der Waals surface area contributed by atoms with Gasteiger partial charge < -0.3 is 15.4 Å². The summed E-state index contributed by atoms with van der Waals surface area (Å²) >= 11 is 11.5. The molecule has 0 unspecified atom stereocenters. The number of halogens is 2. The summed E-state index contributed by atoms with van der Waals surface area (Å²) < 4.78 is 5.05. The fraction of sp³-hybridized carbons (Fsp3) is 0.375. The highest BCUT2D eigenvalue weighted by molar-refractivity contribution is 6.31. The number of nitrogens with two attached hydrogens (primary N) is 1. The molecule has 138 valence electrons. The van der Waals surface area contributed by atoms with Crippen molar-refractivity contribution in [1.82, 2.24) is 4.98 Å². The largest absolute Gasteiger partial charge is 0.400 e. The lowest BCUT2D eigenvalue weighted by molar-refractivity contribution is 0.276. The third-order valence-corrected chi connectivity index (χ3v) is 3.56. The molecule has 0 saturated heterocycles. The normalized spacial score (nSPS) is 8.25. The van der Waals surface area contributed by atoms with E-state index in [4.69, 9.17) is 43.0 Å². The van der Waals surface area contributed by atoms with E-state index in [0.717, 1.165) is 29.0 Å². The van der Waals surface area contributed by atoms with E-state index < -0.39 is 0 Å². The Balaban J connectivity index is -0.000000295. The monoisotopic (exact) mass is 381 g/mol. The minimum absolute atomic E-state index is 0. The third-order valence-electron chi connectivity index (χ3n) is 2.74. The minimum Gasteiger partial charge on any atom is -0.400 e. The van der Waals surface area contributed by atoms with Crippen LogP contribution in [-0.4, -0.2) is 27.5 Å². The second-order valence-corrected chi connectivity index (χ2v) is 4.79. The van der Waals surface area contributed by atoms with E-state index in [9.17, 15) is 0 Å². The van der Waals surface area contributed by atoms with E-state index in [1.165, 1.54) is 0 Å². The van der Waals surface area contributed by atoms with E-state index in [1.54, 1.807) is 24.6 Å². The molecule has 24 heavy (non-hydrogen) atoms. The molecule has 0 aliphatic rings. The van der Waals surface area contributed by atoms with Crippen LogP contribution in [0.25, 0.3) is 0 Å². The van der Waals surface area contributed by atoms with Crippen molar-refractivity contribution in [2.75, 3.05) is 7.11 Å². The number of pyridine rings is 1. The Morgan fingerprint density at radius 2 is 1.54 bits per heavy atom. The molecule has 0 aromatic carbocycles. The Kier molecular flexibility index (Phi) is 19.0. The molecule has 0 fully saturated rings. The average Bonchev–Trinajstić information content (AvgIpc) is 2.59. The molecule has 0 amide bonds. The Labute approximate surface area is 153 Å². The van der Waals surface area contributed by atoms with Crippen molar-refractivity contribution in [2.45, 2.75) is 34.8 Å². The van der Waals surface area contributed by atoms with Gasteiger partial charge in [-0.15, -0.1) is 0 Å². The SMILES string of the molecule is C.CO.Cc1[o+]ccc(Cl)c1C.Cc1c(Cl)ccnc1CO.NO. The number of aryl methyl sites for hydroxylation is 1. The number of aromatic nitrogens is 1. The molecular weight excluding hydrogens is 355 g/mol. The van der Waals surface area contributed by atoms with Gasteiger partial charge in [0.1, 0.15) is 0 Å². The van der Waals surface area contributed by atoms with Gasteiger partial charge in [-0.25, -0.2) is 10.3 Å². The predicted octanol–water partition coefficient (Wildman–Crippen LogP) is 3.95. The van der Waals surface area contributed by atoms with Gasteiger partial charge in [-0.1, -0.05) is 30.6 Å². The van der Waals surface area contributed by atoms with Crippen molar-refractivity contribution in [3.63, 3.8) is 0 Å². The minimum atomic E-state index is -0.0492. The molecule has 6 nitrogen and oxygen atoms in total. The zero-order chi connectivity index (χ0) is 18.4. The highest BCUT2D eigenvalue weighted by Crippen LogP contribution is 2.17.